The molecule has 1 N–H and O–H groups in total. The molecule has 0 saturated carbocycles. The normalized spacial score (nSPS) is 10.7. The van der Waals surface area contributed by atoms with Crippen molar-refractivity contribution < 1.29 is 9.60 Å². The minimum atomic E-state index is -0.688. The summed E-state index contributed by atoms with van der Waals surface area (Å²) < 4.78 is 12.8. The fraction of sp³-hybridized carbons (Fsp3) is 0. The molecule has 1 aromatic heterocycles. The van der Waals surface area contributed by atoms with Crippen molar-refractivity contribution in [2.24, 2.45) is 5.16 Å². The molecule has 3 nitrogen and oxygen atoms in total. The van der Waals surface area contributed by atoms with Gasteiger partial charge in [0, 0.05) is 6.20 Å². The van der Waals surface area contributed by atoms with Crippen molar-refractivity contribution in [2.45, 2.75) is 0 Å². The third kappa shape index (κ3) is 1.65. The zero-order valence-corrected chi connectivity index (χ0v) is 6.09. The van der Waals surface area contributed by atoms with Crippen molar-refractivity contribution in [3.63, 3.8) is 0 Å². The Labute approximate surface area is 67.1 Å². The molecule has 0 fully saturated rings. The molecule has 0 amide bonds. The minimum Gasteiger partial charge on any atom is -0.411 e. The fourth-order valence-electron chi connectivity index (χ4n) is 0.580. The maximum absolute atomic E-state index is 12.8. The lowest BCUT2D eigenvalue weighted by atomic mass is 10.3. The SMILES string of the molecule is ON=Cc1nccc(Cl)c1F. The number of nitrogens with zero attached hydrogens (tertiary/aromatic N) is 2. The van der Waals surface area contributed by atoms with Crippen LogP contribution < -0.4 is 0 Å². The summed E-state index contributed by atoms with van der Waals surface area (Å²) in [5, 5.41) is 10.6. The molecule has 0 saturated heterocycles. The zero-order chi connectivity index (χ0) is 8.27. The van der Waals surface area contributed by atoms with Crippen molar-refractivity contribution in [3.05, 3.63) is 28.8 Å². The number of pyridine rings is 1. The second-order valence-electron chi connectivity index (χ2n) is 1.74. The molecular formula is C6H4ClFN2O. The van der Waals surface area contributed by atoms with Gasteiger partial charge in [-0.2, -0.15) is 0 Å². The lowest BCUT2D eigenvalue weighted by Gasteiger charge is -1.94. The molecule has 1 heterocycles. The first-order valence-corrected chi connectivity index (χ1v) is 3.11. The first-order chi connectivity index (χ1) is 5.25. The number of rotatable bonds is 1. The average Bonchev–Trinajstić information content (AvgIpc) is 1.99. The Balaban J connectivity index is 3.16. The van der Waals surface area contributed by atoms with E-state index >= 15 is 0 Å². The maximum atomic E-state index is 12.8. The predicted molar refractivity (Wildman–Crippen MR) is 38.6 cm³/mol. The van der Waals surface area contributed by atoms with Gasteiger partial charge in [0.15, 0.2) is 5.82 Å². The summed E-state index contributed by atoms with van der Waals surface area (Å²) in [7, 11) is 0. The van der Waals surface area contributed by atoms with Crippen molar-refractivity contribution >= 4 is 17.8 Å². The van der Waals surface area contributed by atoms with E-state index in [1.165, 1.54) is 12.3 Å². The molecule has 0 unspecified atom stereocenters. The van der Waals surface area contributed by atoms with E-state index < -0.39 is 5.82 Å². The van der Waals surface area contributed by atoms with Crippen molar-refractivity contribution in [1.82, 2.24) is 4.98 Å². The number of halogens is 2. The molecule has 0 aliphatic carbocycles. The molecule has 5 heteroatoms. The van der Waals surface area contributed by atoms with Crippen LogP contribution in [0.25, 0.3) is 0 Å². The summed E-state index contributed by atoms with van der Waals surface area (Å²) in [6.45, 7) is 0. The molecule has 0 atom stereocenters. The van der Waals surface area contributed by atoms with Crippen LogP contribution in [0.3, 0.4) is 0 Å². The Morgan fingerprint density at radius 2 is 2.45 bits per heavy atom. The van der Waals surface area contributed by atoms with E-state index in [1.807, 2.05) is 0 Å². The zero-order valence-electron chi connectivity index (χ0n) is 5.33. The van der Waals surface area contributed by atoms with Gasteiger partial charge in [-0.25, -0.2) is 4.39 Å². The van der Waals surface area contributed by atoms with Gasteiger partial charge in [0.25, 0.3) is 0 Å². The van der Waals surface area contributed by atoms with Crippen molar-refractivity contribution in [1.29, 1.82) is 0 Å². The summed E-state index contributed by atoms with van der Waals surface area (Å²) in [5.74, 6) is -0.688. The summed E-state index contributed by atoms with van der Waals surface area (Å²) in [5.41, 5.74) is -0.0833. The monoisotopic (exact) mass is 174 g/mol. The molecule has 58 valence electrons. The summed E-state index contributed by atoms with van der Waals surface area (Å²) in [6, 6.07) is 1.31. The van der Waals surface area contributed by atoms with E-state index in [4.69, 9.17) is 16.8 Å². The van der Waals surface area contributed by atoms with Gasteiger partial charge in [-0.05, 0) is 6.07 Å². The van der Waals surface area contributed by atoms with Crippen LogP contribution in [-0.2, 0) is 0 Å². The van der Waals surface area contributed by atoms with Crippen LogP contribution >= 0.6 is 11.6 Å². The van der Waals surface area contributed by atoms with Gasteiger partial charge in [0.2, 0.25) is 0 Å². The van der Waals surface area contributed by atoms with E-state index in [2.05, 4.69) is 10.1 Å². The molecule has 1 aromatic rings. The lowest BCUT2D eigenvalue weighted by molar-refractivity contribution is 0.321. The second-order valence-corrected chi connectivity index (χ2v) is 2.14. The van der Waals surface area contributed by atoms with Gasteiger partial charge in [0.05, 0.1) is 11.2 Å². The first kappa shape index (κ1) is 7.94. The van der Waals surface area contributed by atoms with Crippen LogP contribution in [0.4, 0.5) is 4.39 Å². The third-order valence-electron chi connectivity index (χ3n) is 1.05. The van der Waals surface area contributed by atoms with E-state index in [1.54, 1.807) is 0 Å². The van der Waals surface area contributed by atoms with E-state index in [-0.39, 0.29) is 10.7 Å². The highest BCUT2D eigenvalue weighted by molar-refractivity contribution is 6.30. The molecule has 0 aliphatic heterocycles. The number of oxime groups is 1. The van der Waals surface area contributed by atoms with Crippen LogP contribution in [0, 0.1) is 5.82 Å². The highest BCUT2D eigenvalue weighted by Gasteiger charge is 2.04. The van der Waals surface area contributed by atoms with E-state index in [0.29, 0.717) is 0 Å². The van der Waals surface area contributed by atoms with Crippen LogP contribution in [0.15, 0.2) is 17.4 Å². The molecule has 1 rings (SSSR count). The second kappa shape index (κ2) is 3.30. The van der Waals surface area contributed by atoms with Crippen molar-refractivity contribution in [3.8, 4) is 0 Å². The maximum Gasteiger partial charge on any atom is 0.169 e. The predicted octanol–water partition coefficient (Wildman–Crippen LogP) is 1.68. The quantitative estimate of drug-likeness (QED) is 0.400. The van der Waals surface area contributed by atoms with Gasteiger partial charge in [-0.15, -0.1) is 0 Å². The number of hydrogen-bond acceptors (Lipinski definition) is 3. The minimum absolute atomic E-state index is 0.0464. The molecule has 11 heavy (non-hydrogen) atoms. The van der Waals surface area contributed by atoms with Crippen LogP contribution in [0.2, 0.25) is 5.02 Å². The number of hydrogen-bond donors (Lipinski definition) is 1. The van der Waals surface area contributed by atoms with Gasteiger partial charge in [-0.3, -0.25) is 4.98 Å². The Hall–Kier alpha value is -1.16. The average molecular weight is 175 g/mol. The first-order valence-electron chi connectivity index (χ1n) is 2.73. The highest BCUT2D eigenvalue weighted by atomic mass is 35.5. The van der Waals surface area contributed by atoms with Gasteiger partial charge in [0.1, 0.15) is 5.69 Å². The molecule has 0 aromatic carbocycles. The van der Waals surface area contributed by atoms with Gasteiger partial charge < -0.3 is 5.21 Å². The summed E-state index contributed by atoms with van der Waals surface area (Å²) in [4.78, 5) is 3.56. The Morgan fingerprint density at radius 3 is 3.09 bits per heavy atom. The topological polar surface area (TPSA) is 45.5 Å². The van der Waals surface area contributed by atoms with Gasteiger partial charge >= 0.3 is 0 Å². The van der Waals surface area contributed by atoms with Crippen LogP contribution in [0.5, 0.6) is 0 Å². The Bertz CT molecular complexity index is 290. The van der Waals surface area contributed by atoms with Crippen LogP contribution in [0.1, 0.15) is 5.69 Å². The number of aromatic nitrogens is 1. The highest BCUT2D eigenvalue weighted by Crippen LogP contribution is 2.13. The van der Waals surface area contributed by atoms with E-state index in [0.717, 1.165) is 6.21 Å². The van der Waals surface area contributed by atoms with Crippen LogP contribution in [-0.4, -0.2) is 16.4 Å². The van der Waals surface area contributed by atoms with Crippen molar-refractivity contribution in [2.75, 3.05) is 0 Å². The molecule has 0 aliphatic rings. The smallest absolute Gasteiger partial charge is 0.169 e. The van der Waals surface area contributed by atoms with Gasteiger partial charge in [-0.1, -0.05) is 16.8 Å². The molecular weight excluding hydrogens is 171 g/mol. The molecule has 0 bridgehead atoms. The third-order valence-corrected chi connectivity index (χ3v) is 1.34. The summed E-state index contributed by atoms with van der Waals surface area (Å²) >= 11 is 5.39. The molecule has 0 radical (unpaired) electrons. The Morgan fingerprint density at radius 1 is 1.73 bits per heavy atom. The lowest BCUT2D eigenvalue weighted by Crippen LogP contribution is -1.92. The molecule has 0 spiro atoms. The largest absolute Gasteiger partial charge is 0.411 e. The standard InChI is InChI=1S/C6H4ClFN2O/c7-4-1-2-9-5(3-10-11)6(4)8/h1-3,11H. The van der Waals surface area contributed by atoms with E-state index in [9.17, 15) is 4.39 Å². The summed E-state index contributed by atoms with van der Waals surface area (Å²) in [6.07, 6.45) is 2.20. The Kier molecular flexibility index (Phi) is 2.38. The fourth-order valence-corrected chi connectivity index (χ4v) is 0.733.